The predicted molar refractivity (Wildman–Crippen MR) is 81.4 cm³/mol. The molecule has 1 aliphatic rings. The lowest BCUT2D eigenvalue weighted by Crippen LogP contribution is -2.48. The maximum Gasteiger partial charge on any atom is 0.325 e. The first-order chi connectivity index (χ1) is 10.7. The van der Waals surface area contributed by atoms with Gasteiger partial charge in [-0.15, -0.1) is 0 Å². The van der Waals surface area contributed by atoms with Crippen LogP contribution in [0.1, 0.15) is 24.2 Å². The number of hydrogen-bond donors (Lipinski definition) is 3. The Bertz CT molecular complexity index is 689. The summed E-state index contributed by atoms with van der Waals surface area (Å²) in [4.78, 5) is 48.0. The number of benzene rings is 1. The van der Waals surface area contributed by atoms with E-state index in [2.05, 4.69) is 16.2 Å². The SMILES string of the molecule is CC1(C)NC(=O)N(CC(=O)NNC(=O)c2cccc(Cl)c2)C1=O. The second-order valence-corrected chi connectivity index (χ2v) is 5.90. The molecule has 0 aromatic heterocycles. The fourth-order valence-electron chi connectivity index (χ4n) is 1.97. The van der Waals surface area contributed by atoms with Crippen molar-refractivity contribution in [3.8, 4) is 0 Å². The molecule has 1 aromatic rings. The molecule has 0 aliphatic carbocycles. The molecule has 1 saturated heterocycles. The number of carbonyl (C=O) groups excluding carboxylic acids is 4. The van der Waals surface area contributed by atoms with Crippen molar-refractivity contribution in [1.29, 1.82) is 0 Å². The largest absolute Gasteiger partial charge is 0.325 e. The summed E-state index contributed by atoms with van der Waals surface area (Å²) in [7, 11) is 0. The number of hydrazine groups is 1. The highest BCUT2D eigenvalue weighted by Gasteiger charge is 2.44. The van der Waals surface area contributed by atoms with Gasteiger partial charge < -0.3 is 5.32 Å². The van der Waals surface area contributed by atoms with Crippen LogP contribution in [0.25, 0.3) is 0 Å². The second kappa shape index (κ2) is 6.25. The van der Waals surface area contributed by atoms with Gasteiger partial charge in [0.15, 0.2) is 0 Å². The van der Waals surface area contributed by atoms with Crippen molar-refractivity contribution in [2.45, 2.75) is 19.4 Å². The van der Waals surface area contributed by atoms with E-state index >= 15 is 0 Å². The third kappa shape index (κ3) is 3.78. The van der Waals surface area contributed by atoms with Gasteiger partial charge in [-0.25, -0.2) is 4.79 Å². The van der Waals surface area contributed by atoms with Crippen molar-refractivity contribution < 1.29 is 19.2 Å². The molecule has 8 nitrogen and oxygen atoms in total. The first kappa shape index (κ1) is 16.8. The van der Waals surface area contributed by atoms with E-state index in [1.807, 2.05) is 0 Å². The molecule has 122 valence electrons. The summed E-state index contributed by atoms with van der Waals surface area (Å²) in [6.07, 6.45) is 0. The molecule has 9 heteroatoms. The van der Waals surface area contributed by atoms with Crippen molar-refractivity contribution in [2.24, 2.45) is 0 Å². The van der Waals surface area contributed by atoms with Crippen molar-refractivity contribution >= 4 is 35.4 Å². The smallest absolute Gasteiger partial charge is 0.324 e. The maximum atomic E-state index is 11.9. The number of imide groups is 1. The Balaban J connectivity index is 1.90. The van der Waals surface area contributed by atoms with Crippen LogP contribution in [0.5, 0.6) is 0 Å². The second-order valence-electron chi connectivity index (χ2n) is 5.46. The molecule has 0 radical (unpaired) electrons. The Morgan fingerprint density at radius 3 is 2.52 bits per heavy atom. The van der Waals surface area contributed by atoms with E-state index in [0.717, 1.165) is 4.90 Å². The molecular weight excluding hydrogens is 324 g/mol. The van der Waals surface area contributed by atoms with Crippen LogP contribution < -0.4 is 16.2 Å². The number of carbonyl (C=O) groups is 4. The number of rotatable bonds is 3. The summed E-state index contributed by atoms with van der Waals surface area (Å²) >= 11 is 5.77. The molecule has 1 heterocycles. The Kier molecular flexibility index (Phi) is 4.55. The lowest BCUT2D eigenvalue weighted by molar-refractivity contribution is -0.134. The third-order valence-electron chi connectivity index (χ3n) is 3.15. The van der Waals surface area contributed by atoms with E-state index in [-0.39, 0.29) is 5.56 Å². The quantitative estimate of drug-likeness (QED) is 0.548. The van der Waals surface area contributed by atoms with Gasteiger partial charge in [0.05, 0.1) is 0 Å². The molecule has 2 rings (SSSR count). The monoisotopic (exact) mass is 338 g/mol. The van der Waals surface area contributed by atoms with Crippen molar-refractivity contribution in [1.82, 2.24) is 21.1 Å². The van der Waals surface area contributed by atoms with Gasteiger partial charge in [-0.1, -0.05) is 17.7 Å². The predicted octanol–water partition coefficient (Wildman–Crippen LogP) is 0.431. The first-order valence-corrected chi connectivity index (χ1v) is 7.07. The first-order valence-electron chi connectivity index (χ1n) is 6.69. The average molecular weight is 339 g/mol. The van der Waals surface area contributed by atoms with Crippen LogP contribution >= 0.6 is 11.6 Å². The van der Waals surface area contributed by atoms with Crippen molar-refractivity contribution in [3.05, 3.63) is 34.9 Å². The highest BCUT2D eigenvalue weighted by molar-refractivity contribution is 6.31. The van der Waals surface area contributed by atoms with Crippen molar-refractivity contribution in [2.75, 3.05) is 6.54 Å². The van der Waals surface area contributed by atoms with Gasteiger partial charge in [0.2, 0.25) is 0 Å². The fourth-order valence-corrected chi connectivity index (χ4v) is 2.16. The zero-order chi connectivity index (χ0) is 17.2. The summed E-state index contributed by atoms with van der Waals surface area (Å²) < 4.78 is 0. The zero-order valence-corrected chi connectivity index (χ0v) is 13.2. The standard InChI is InChI=1S/C14H15ClN4O4/c1-14(2)12(22)19(13(23)16-14)7-10(20)17-18-11(21)8-4-3-5-9(15)6-8/h3-6H,7H2,1-2H3,(H,16,23)(H,17,20)(H,18,21). The van der Waals surface area contributed by atoms with Crippen LogP contribution in [-0.4, -0.2) is 40.7 Å². The van der Waals surface area contributed by atoms with Gasteiger partial charge in [0, 0.05) is 10.6 Å². The minimum atomic E-state index is -1.05. The summed E-state index contributed by atoms with van der Waals surface area (Å²) in [5, 5.41) is 2.83. The van der Waals surface area contributed by atoms with Gasteiger partial charge in [-0.05, 0) is 32.0 Å². The average Bonchev–Trinajstić information content (AvgIpc) is 2.67. The van der Waals surface area contributed by atoms with E-state index in [4.69, 9.17) is 11.6 Å². The molecular formula is C14H15ClN4O4. The normalized spacial score (nSPS) is 16.0. The highest BCUT2D eigenvalue weighted by Crippen LogP contribution is 2.15. The molecule has 1 fully saturated rings. The van der Waals surface area contributed by atoms with Crippen LogP contribution in [0.3, 0.4) is 0 Å². The van der Waals surface area contributed by atoms with Gasteiger partial charge in [-0.3, -0.25) is 30.1 Å². The van der Waals surface area contributed by atoms with E-state index in [0.29, 0.717) is 5.02 Å². The lowest BCUT2D eigenvalue weighted by Gasteiger charge is -2.15. The minimum absolute atomic E-state index is 0.258. The Morgan fingerprint density at radius 2 is 1.96 bits per heavy atom. The molecule has 0 unspecified atom stereocenters. The maximum absolute atomic E-state index is 11.9. The number of urea groups is 1. The molecule has 0 saturated carbocycles. The Hall–Kier alpha value is -2.61. The van der Waals surface area contributed by atoms with Crippen LogP contribution in [-0.2, 0) is 9.59 Å². The van der Waals surface area contributed by atoms with Gasteiger partial charge in [0.25, 0.3) is 17.7 Å². The van der Waals surface area contributed by atoms with Crippen LogP contribution in [0.15, 0.2) is 24.3 Å². The summed E-state index contributed by atoms with van der Waals surface area (Å²) in [5.41, 5.74) is 3.53. The Labute approximate surface area is 137 Å². The number of hydrogen-bond acceptors (Lipinski definition) is 4. The van der Waals surface area contributed by atoms with Gasteiger partial charge >= 0.3 is 6.03 Å². The Morgan fingerprint density at radius 1 is 1.26 bits per heavy atom. The molecule has 3 N–H and O–H groups in total. The summed E-state index contributed by atoms with van der Waals surface area (Å²) in [6, 6.07) is 5.50. The number of nitrogens with zero attached hydrogens (tertiary/aromatic N) is 1. The number of amides is 5. The molecule has 0 spiro atoms. The lowest BCUT2D eigenvalue weighted by atomic mass is 10.1. The fraction of sp³-hybridized carbons (Fsp3) is 0.286. The summed E-state index contributed by atoms with van der Waals surface area (Å²) in [6.45, 7) is 2.57. The molecule has 1 aliphatic heterocycles. The van der Waals surface area contributed by atoms with E-state index in [1.54, 1.807) is 12.1 Å². The van der Waals surface area contributed by atoms with Gasteiger partial charge in [-0.2, -0.15) is 0 Å². The van der Waals surface area contributed by atoms with Crippen LogP contribution in [0, 0.1) is 0 Å². The van der Waals surface area contributed by atoms with Crippen LogP contribution in [0.4, 0.5) is 4.79 Å². The number of halogens is 1. The zero-order valence-electron chi connectivity index (χ0n) is 12.5. The topological polar surface area (TPSA) is 108 Å². The molecule has 0 atom stereocenters. The molecule has 23 heavy (non-hydrogen) atoms. The minimum Gasteiger partial charge on any atom is -0.324 e. The third-order valence-corrected chi connectivity index (χ3v) is 3.38. The van der Waals surface area contributed by atoms with E-state index in [9.17, 15) is 19.2 Å². The summed E-state index contributed by atoms with van der Waals surface area (Å²) in [5.74, 6) is -1.79. The van der Waals surface area contributed by atoms with Gasteiger partial charge in [0.1, 0.15) is 12.1 Å². The number of nitrogens with one attached hydrogen (secondary N) is 3. The van der Waals surface area contributed by atoms with Crippen molar-refractivity contribution in [3.63, 3.8) is 0 Å². The van der Waals surface area contributed by atoms with E-state index < -0.39 is 35.8 Å². The van der Waals surface area contributed by atoms with Crippen LogP contribution in [0.2, 0.25) is 5.02 Å². The molecule has 1 aromatic carbocycles. The van der Waals surface area contributed by atoms with E-state index in [1.165, 1.54) is 26.0 Å². The highest BCUT2D eigenvalue weighted by atomic mass is 35.5. The molecule has 0 bridgehead atoms. The molecule has 5 amide bonds.